The Morgan fingerprint density at radius 3 is 2.35 bits per heavy atom. The molecule has 1 saturated heterocycles. The maximum atomic E-state index is 4.42. The van der Waals surface area contributed by atoms with Crippen LogP contribution in [0.25, 0.3) is 0 Å². The summed E-state index contributed by atoms with van der Waals surface area (Å²) in [5, 5.41) is 3.37. The first-order chi connectivity index (χ1) is 11.1. The van der Waals surface area contributed by atoms with Gasteiger partial charge in [0.1, 0.15) is 18.0 Å². The highest BCUT2D eigenvalue weighted by atomic mass is 15.3. The quantitative estimate of drug-likeness (QED) is 0.940. The van der Waals surface area contributed by atoms with Crippen molar-refractivity contribution in [1.82, 2.24) is 14.9 Å². The molecule has 0 amide bonds. The van der Waals surface area contributed by atoms with Crippen molar-refractivity contribution in [2.24, 2.45) is 0 Å². The molecular weight excluding hydrogens is 286 g/mol. The Kier molecular flexibility index (Phi) is 4.76. The van der Waals surface area contributed by atoms with Gasteiger partial charge in [-0.2, -0.15) is 0 Å². The number of piperazine rings is 1. The lowest BCUT2D eigenvalue weighted by Crippen LogP contribution is -2.44. The standard InChI is InChI=1S/C18H25N5/c1-14(2)15-4-6-16(7-5-15)21-17-12-18(20-13-19-17)23-10-8-22(3)9-11-23/h4-7,12-14H,8-11H2,1-3H3,(H,19,20,21). The number of anilines is 3. The summed E-state index contributed by atoms with van der Waals surface area (Å²) in [6.45, 7) is 8.57. The van der Waals surface area contributed by atoms with Gasteiger partial charge in [-0.1, -0.05) is 26.0 Å². The summed E-state index contributed by atoms with van der Waals surface area (Å²) >= 11 is 0. The number of hydrogen-bond acceptors (Lipinski definition) is 5. The van der Waals surface area contributed by atoms with E-state index in [1.54, 1.807) is 6.33 Å². The molecule has 0 saturated carbocycles. The maximum absolute atomic E-state index is 4.42. The average molecular weight is 311 g/mol. The summed E-state index contributed by atoms with van der Waals surface area (Å²) in [5.74, 6) is 2.38. The summed E-state index contributed by atoms with van der Waals surface area (Å²) < 4.78 is 0. The van der Waals surface area contributed by atoms with E-state index >= 15 is 0 Å². The molecule has 0 aliphatic carbocycles. The molecule has 0 atom stereocenters. The first kappa shape index (κ1) is 15.7. The fourth-order valence-corrected chi connectivity index (χ4v) is 2.72. The van der Waals surface area contributed by atoms with E-state index in [1.807, 2.05) is 6.07 Å². The molecule has 5 nitrogen and oxygen atoms in total. The monoisotopic (exact) mass is 311 g/mol. The van der Waals surface area contributed by atoms with Crippen LogP contribution in [0.5, 0.6) is 0 Å². The van der Waals surface area contributed by atoms with Gasteiger partial charge in [-0.3, -0.25) is 0 Å². The van der Waals surface area contributed by atoms with Crippen molar-refractivity contribution >= 4 is 17.3 Å². The molecule has 1 aliphatic heterocycles. The third-order valence-electron chi connectivity index (χ3n) is 4.33. The molecule has 2 heterocycles. The lowest BCUT2D eigenvalue weighted by Gasteiger charge is -2.33. The van der Waals surface area contributed by atoms with Crippen LogP contribution in [0, 0.1) is 0 Å². The van der Waals surface area contributed by atoms with E-state index in [0.717, 1.165) is 43.5 Å². The number of rotatable bonds is 4. The Bertz CT molecular complexity index is 630. The molecule has 23 heavy (non-hydrogen) atoms. The summed E-state index contributed by atoms with van der Waals surface area (Å²) in [6.07, 6.45) is 1.64. The van der Waals surface area contributed by atoms with E-state index in [0.29, 0.717) is 5.92 Å². The second-order valence-corrected chi connectivity index (χ2v) is 6.45. The number of likely N-dealkylation sites (N-methyl/N-ethyl adjacent to an activating group) is 1. The van der Waals surface area contributed by atoms with E-state index in [1.165, 1.54) is 5.56 Å². The van der Waals surface area contributed by atoms with Crippen LogP contribution >= 0.6 is 0 Å². The van der Waals surface area contributed by atoms with Crippen LogP contribution in [-0.4, -0.2) is 48.1 Å². The highest BCUT2D eigenvalue weighted by molar-refractivity contribution is 5.59. The van der Waals surface area contributed by atoms with Gasteiger partial charge in [-0.05, 0) is 30.7 Å². The molecule has 1 aromatic carbocycles. The molecule has 0 unspecified atom stereocenters. The van der Waals surface area contributed by atoms with E-state index in [4.69, 9.17) is 0 Å². The first-order valence-corrected chi connectivity index (χ1v) is 8.24. The molecule has 5 heteroatoms. The van der Waals surface area contributed by atoms with Crippen molar-refractivity contribution in [3.8, 4) is 0 Å². The second kappa shape index (κ2) is 6.96. The normalized spacial score (nSPS) is 15.9. The van der Waals surface area contributed by atoms with Gasteiger partial charge in [0.2, 0.25) is 0 Å². The maximum Gasteiger partial charge on any atom is 0.135 e. The predicted octanol–water partition coefficient (Wildman–Crippen LogP) is 3.10. The van der Waals surface area contributed by atoms with Crippen LogP contribution in [-0.2, 0) is 0 Å². The van der Waals surface area contributed by atoms with Crippen LogP contribution in [0.2, 0.25) is 0 Å². The Balaban J connectivity index is 1.70. The summed E-state index contributed by atoms with van der Waals surface area (Å²) in [5.41, 5.74) is 2.40. The number of benzene rings is 1. The van der Waals surface area contributed by atoms with Crippen LogP contribution in [0.3, 0.4) is 0 Å². The molecule has 0 radical (unpaired) electrons. The molecular formula is C18H25N5. The Morgan fingerprint density at radius 2 is 1.70 bits per heavy atom. The Morgan fingerprint density at radius 1 is 1.00 bits per heavy atom. The zero-order valence-electron chi connectivity index (χ0n) is 14.2. The molecule has 1 aliphatic rings. The van der Waals surface area contributed by atoms with Gasteiger partial charge in [0.25, 0.3) is 0 Å². The zero-order chi connectivity index (χ0) is 16.2. The Hall–Kier alpha value is -2.14. The number of nitrogens with one attached hydrogen (secondary N) is 1. The second-order valence-electron chi connectivity index (χ2n) is 6.45. The number of nitrogens with zero attached hydrogens (tertiary/aromatic N) is 4. The molecule has 1 fully saturated rings. The highest BCUT2D eigenvalue weighted by Gasteiger charge is 2.15. The predicted molar refractivity (Wildman–Crippen MR) is 95.6 cm³/mol. The van der Waals surface area contributed by atoms with Crippen LogP contribution in [0.4, 0.5) is 17.3 Å². The van der Waals surface area contributed by atoms with E-state index in [9.17, 15) is 0 Å². The van der Waals surface area contributed by atoms with E-state index < -0.39 is 0 Å². The van der Waals surface area contributed by atoms with E-state index in [2.05, 4.69) is 70.2 Å². The number of aromatic nitrogens is 2. The summed E-state index contributed by atoms with van der Waals surface area (Å²) in [6, 6.07) is 10.6. The first-order valence-electron chi connectivity index (χ1n) is 8.24. The van der Waals surface area contributed by atoms with Gasteiger partial charge in [-0.15, -0.1) is 0 Å². The summed E-state index contributed by atoms with van der Waals surface area (Å²) in [4.78, 5) is 13.4. The highest BCUT2D eigenvalue weighted by Crippen LogP contribution is 2.21. The van der Waals surface area contributed by atoms with Crippen molar-refractivity contribution in [3.05, 3.63) is 42.2 Å². The SMILES string of the molecule is CC(C)c1ccc(Nc2cc(N3CCN(C)CC3)ncn2)cc1. The molecule has 0 bridgehead atoms. The van der Waals surface area contributed by atoms with Crippen LogP contribution in [0.15, 0.2) is 36.7 Å². The average Bonchev–Trinajstić information content (AvgIpc) is 2.56. The molecule has 122 valence electrons. The molecule has 1 aromatic heterocycles. The fourth-order valence-electron chi connectivity index (χ4n) is 2.72. The van der Waals surface area contributed by atoms with Crippen molar-refractivity contribution in [2.45, 2.75) is 19.8 Å². The largest absolute Gasteiger partial charge is 0.354 e. The van der Waals surface area contributed by atoms with Gasteiger partial charge in [-0.25, -0.2) is 9.97 Å². The minimum absolute atomic E-state index is 0.548. The molecule has 3 rings (SSSR count). The van der Waals surface area contributed by atoms with Gasteiger partial charge in [0.15, 0.2) is 0 Å². The lowest BCUT2D eigenvalue weighted by atomic mass is 10.0. The molecule has 2 aromatic rings. The van der Waals surface area contributed by atoms with Gasteiger partial charge < -0.3 is 15.1 Å². The van der Waals surface area contributed by atoms with Gasteiger partial charge in [0.05, 0.1) is 0 Å². The summed E-state index contributed by atoms with van der Waals surface area (Å²) in [7, 11) is 2.16. The van der Waals surface area contributed by atoms with Crippen molar-refractivity contribution in [3.63, 3.8) is 0 Å². The lowest BCUT2D eigenvalue weighted by molar-refractivity contribution is 0.312. The van der Waals surface area contributed by atoms with Gasteiger partial charge in [0, 0.05) is 37.9 Å². The number of hydrogen-bond donors (Lipinski definition) is 1. The van der Waals surface area contributed by atoms with Crippen molar-refractivity contribution < 1.29 is 0 Å². The van der Waals surface area contributed by atoms with Crippen molar-refractivity contribution in [1.29, 1.82) is 0 Å². The molecule has 0 spiro atoms. The third kappa shape index (κ3) is 3.99. The Labute approximate surface area is 138 Å². The zero-order valence-corrected chi connectivity index (χ0v) is 14.2. The fraction of sp³-hybridized carbons (Fsp3) is 0.444. The van der Waals surface area contributed by atoms with Gasteiger partial charge >= 0.3 is 0 Å². The topological polar surface area (TPSA) is 44.3 Å². The molecule has 1 N–H and O–H groups in total. The minimum atomic E-state index is 0.548. The van der Waals surface area contributed by atoms with E-state index in [-0.39, 0.29) is 0 Å². The van der Waals surface area contributed by atoms with Crippen LogP contribution in [0.1, 0.15) is 25.3 Å². The minimum Gasteiger partial charge on any atom is -0.354 e. The third-order valence-corrected chi connectivity index (χ3v) is 4.33. The van der Waals surface area contributed by atoms with Crippen molar-refractivity contribution in [2.75, 3.05) is 43.4 Å². The van der Waals surface area contributed by atoms with Crippen LogP contribution < -0.4 is 10.2 Å². The smallest absolute Gasteiger partial charge is 0.135 e.